The third-order valence-corrected chi connectivity index (χ3v) is 3.91. The molecule has 0 atom stereocenters. The van der Waals surface area contributed by atoms with E-state index >= 15 is 0 Å². The molecule has 0 amide bonds. The van der Waals surface area contributed by atoms with Gasteiger partial charge in [-0.15, -0.1) is 0 Å². The van der Waals surface area contributed by atoms with Crippen LogP contribution in [0.2, 0.25) is 5.15 Å². The molecule has 102 valence electrons. The van der Waals surface area contributed by atoms with Crippen LogP contribution in [0.4, 0.5) is 0 Å². The number of nitrogens with zero attached hydrogens (tertiary/aromatic N) is 3. The lowest BCUT2D eigenvalue weighted by molar-refractivity contribution is 0.412. The van der Waals surface area contributed by atoms with Crippen LogP contribution in [0.3, 0.4) is 0 Å². The monoisotopic (exact) mass is 353 g/mol. The van der Waals surface area contributed by atoms with Crippen LogP contribution in [0.1, 0.15) is 11.1 Å². The summed E-state index contributed by atoms with van der Waals surface area (Å²) in [6, 6.07) is 7.16. The minimum Gasteiger partial charge on any atom is -0.495 e. The third kappa shape index (κ3) is 2.84. The molecule has 0 spiro atoms. The summed E-state index contributed by atoms with van der Waals surface area (Å²) < 4.78 is 6.77. The van der Waals surface area contributed by atoms with Gasteiger partial charge >= 0.3 is 0 Å². The molecule has 0 unspecified atom stereocenters. The van der Waals surface area contributed by atoms with E-state index in [2.05, 4.69) is 20.9 Å². The molecule has 20 heavy (non-hydrogen) atoms. The van der Waals surface area contributed by atoms with Crippen molar-refractivity contribution in [3.63, 3.8) is 0 Å². The average molecular weight is 355 g/mol. The predicted molar refractivity (Wildman–Crippen MR) is 78.0 cm³/mol. The van der Waals surface area contributed by atoms with E-state index in [9.17, 15) is 4.79 Å². The molecule has 0 saturated carbocycles. The summed E-state index contributed by atoms with van der Waals surface area (Å²) in [5.41, 5.74) is 0.992. The van der Waals surface area contributed by atoms with Crippen molar-refractivity contribution >= 4 is 27.5 Å². The van der Waals surface area contributed by atoms with Gasteiger partial charge in [-0.25, -0.2) is 4.98 Å². The number of ether oxygens (including phenoxy) is 1. The average Bonchev–Trinajstić information content (AvgIpc) is 2.47. The predicted octanol–water partition coefficient (Wildman–Crippen LogP) is 2.59. The van der Waals surface area contributed by atoms with Gasteiger partial charge in [0.2, 0.25) is 0 Å². The van der Waals surface area contributed by atoms with Gasteiger partial charge in [-0.05, 0) is 33.6 Å². The van der Waals surface area contributed by atoms with Crippen LogP contribution in [0, 0.1) is 11.3 Å². The Hall–Kier alpha value is -1.84. The zero-order valence-electron chi connectivity index (χ0n) is 10.4. The minimum absolute atomic E-state index is 0.128. The Labute approximate surface area is 128 Å². The van der Waals surface area contributed by atoms with Crippen molar-refractivity contribution in [2.75, 3.05) is 7.11 Å². The molecule has 5 nitrogen and oxygen atoms in total. The van der Waals surface area contributed by atoms with Crippen LogP contribution in [-0.4, -0.2) is 16.7 Å². The first-order valence-electron chi connectivity index (χ1n) is 5.54. The van der Waals surface area contributed by atoms with Crippen LogP contribution >= 0.6 is 27.5 Å². The molecular weight excluding hydrogens is 346 g/mol. The van der Waals surface area contributed by atoms with Crippen molar-refractivity contribution in [2.24, 2.45) is 0 Å². The van der Waals surface area contributed by atoms with Gasteiger partial charge < -0.3 is 4.74 Å². The fourth-order valence-corrected chi connectivity index (χ4v) is 2.13. The summed E-state index contributed by atoms with van der Waals surface area (Å²) in [5, 5.41) is 9.05. The van der Waals surface area contributed by atoms with E-state index in [-0.39, 0.29) is 15.2 Å². The standard InChI is InChI=1S/C13H9BrClN3O2/c1-20-10-4-8(2-3-9(10)5-16)6-18-7-17-12(15)11(14)13(18)19/h2-4,7H,6H2,1H3. The van der Waals surface area contributed by atoms with Crippen LogP contribution in [0.25, 0.3) is 0 Å². The number of benzene rings is 1. The Morgan fingerprint density at radius 1 is 1.55 bits per heavy atom. The number of methoxy groups -OCH3 is 1. The zero-order valence-corrected chi connectivity index (χ0v) is 12.8. The smallest absolute Gasteiger partial charge is 0.269 e. The highest BCUT2D eigenvalue weighted by molar-refractivity contribution is 9.10. The highest BCUT2D eigenvalue weighted by atomic mass is 79.9. The van der Waals surface area contributed by atoms with Crippen LogP contribution in [-0.2, 0) is 6.54 Å². The van der Waals surface area contributed by atoms with Crippen molar-refractivity contribution in [2.45, 2.75) is 6.54 Å². The molecule has 2 rings (SSSR count). The highest BCUT2D eigenvalue weighted by Gasteiger charge is 2.09. The van der Waals surface area contributed by atoms with E-state index in [0.29, 0.717) is 17.9 Å². The molecule has 0 fully saturated rings. The quantitative estimate of drug-likeness (QED) is 0.795. The number of aromatic nitrogens is 2. The molecule has 0 aliphatic heterocycles. The largest absolute Gasteiger partial charge is 0.495 e. The Morgan fingerprint density at radius 2 is 2.30 bits per heavy atom. The van der Waals surface area contributed by atoms with Crippen molar-refractivity contribution in [3.05, 3.63) is 55.6 Å². The van der Waals surface area contributed by atoms with Crippen molar-refractivity contribution < 1.29 is 4.74 Å². The maximum absolute atomic E-state index is 12.0. The molecular formula is C13H9BrClN3O2. The van der Waals surface area contributed by atoms with Gasteiger partial charge in [0.05, 0.1) is 25.5 Å². The van der Waals surface area contributed by atoms with Crippen LogP contribution < -0.4 is 10.3 Å². The first-order chi connectivity index (χ1) is 9.56. The molecule has 1 aromatic heterocycles. The Bertz CT molecular complexity index is 752. The number of nitriles is 1. The molecule has 0 bridgehead atoms. The zero-order chi connectivity index (χ0) is 14.7. The van der Waals surface area contributed by atoms with Gasteiger partial charge in [-0.3, -0.25) is 9.36 Å². The molecule has 0 saturated heterocycles. The van der Waals surface area contributed by atoms with Gasteiger partial charge in [0.15, 0.2) is 5.15 Å². The lowest BCUT2D eigenvalue weighted by Gasteiger charge is -2.09. The van der Waals surface area contributed by atoms with E-state index in [1.807, 2.05) is 6.07 Å². The van der Waals surface area contributed by atoms with Crippen LogP contribution in [0.5, 0.6) is 5.75 Å². The molecule has 0 radical (unpaired) electrons. The Kier molecular flexibility index (Phi) is 4.42. The molecule has 2 aromatic rings. The summed E-state index contributed by atoms with van der Waals surface area (Å²) in [7, 11) is 1.49. The van der Waals surface area contributed by atoms with Gasteiger partial charge in [0.1, 0.15) is 16.3 Å². The van der Waals surface area contributed by atoms with Crippen molar-refractivity contribution in [3.8, 4) is 11.8 Å². The maximum Gasteiger partial charge on any atom is 0.269 e. The molecule has 0 aliphatic rings. The summed E-state index contributed by atoms with van der Waals surface area (Å²) >= 11 is 8.85. The number of halogens is 2. The summed E-state index contributed by atoms with van der Waals surface area (Å²) in [5.74, 6) is 0.471. The van der Waals surface area contributed by atoms with Gasteiger partial charge in [0, 0.05) is 0 Å². The van der Waals surface area contributed by atoms with E-state index in [1.54, 1.807) is 18.2 Å². The normalized spacial score (nSPS) is 10.1. The highest BCUT2D eigenvalue weighted by Crippen LogP contribution is 2.20. The number of hydrogen-bond donors (Lipinski definition) is 0. The lowest BCUT2D eigenvalue weighted by atomic mass is 10.1. The lowest BCUT2D eigenvalue weighted by Crippen LogP contribution is -2.21. The van der Waals surface area contributed by atoms with Crippen molar-refractivity contribution in [1.29, 1.82) is 5.26 Å². The van der Waals surface area contributed by atoms with Gasteiger partial charge in [0.25, 0.3) is 5.56 Å². The van der Waals surface area contributed by atoms with E-state index in [1.165, 1.54) is 18.0 Å². The number of rotatable bonds is 3. The van der Waals surface area contributed by atoms with E-state index in [0.717, 1.165) is 5.56 Å². The van der Waals surface area contributed by atoms with Crippen LogP contribution in [0.15, 0.2) is 33.8 Å². The molecule has 0 N–H and O–H groups in total. The first kappa shape index (κ1) is 14.6. The maximum atomic E-state index is 12.0. The van der Waals surface area contributed by atoms with E-state index < -0.39 is 0 Å². The minimum atomic E-state index is -0.270. The third-order valence-electron chi connectivity index (χ3n) is 2.68. The molecule has 1 aromatic carbocycles. The van der Waals surface area contributed by atoms with Gasteiger partial charge in [-0.1, -0.05) is 17.7 Å². The molecule has 1 heterocycles. The second-order valence-electron chi connectivity index (χ2n) is 3.93. The second-order valence-corrected chi connectivity index (χ2v) is 5.08. The van der Waals surface area contributed by atoms with Crippen molar-refractivity contribution in [1.82, 2.24) is 9.55 Å². The summed E-state index contributed by atoms with van der Waals surface area (Å²) in [6.45, 7) is 0.309. The Morgan fingerprint density at radius 3 is 2.95 bits per heavy atom. The summed E-state index contributed by atoms with van der Waals surface area (Å²) in [4.78, 5) is 15.9. The fraction of sp³-hybridized carbons (Fsp3) is 0.154. The number of hydrogen-bond acceptors (Lipinski definition) is 4. The second kappa shape index (κ2) is 6.07. The van der Waals surface area contributed by atoms with E-state index in [4.69, 9.17) is 21.6 Å². The summed E-state index contributed by atoms with van der Waals surface area (Å²) in [6.07, 6.45) is 1.38. The first-order valence-corrected chi connectivity index (χ1v) is 6.71. The topological polar surface area (TPSA) is 67.9 Å². The fourth-order valence-electron chi connectivity index (χ4n) is 1.68. The molecule has 7 heteroatoms. The molecule has 0 aliphatic carbocycles. The SMILES string of the molecule is COc1cc(Cn2cnc(Cl)c(Br)c2=O)ccc1C#N. The van der Waals surface area contributed by atoms with Gasteiger partial charge in [-0.2, -0.15) is 5.26 Å². The Balaban J connectivity index is 2.39.